The van der Waals surface area contributed by atoms with E-state index < -0.39 is 0 Å². The van der Waals surface area contributed by atoms with Crippen LogP contribution >= 0.6 is 23.2 Å². The Bertz CT molecular complexity index is 439. The van der Waals surface area contributed by atoms with Gasteiger partial charge in [-0.05, 0) is 48.8 Å². The molecule has 1 aromatic rings. The van der Waals surface area contributed by atoms with E-state index in [1.165, 1.54) is 32.1 Å². The van der Waals surface area contributed by atoms with Gasteiger partial charge in [0, 0.05) is 0 Å². The van der Waals surface area contributed by atoms with Crippen LogP contribution in [0.2, 0.25) is 10.0 Å². The fraction of sp³-hybridized carbons (Fsp3) is 0.667. The average Bonchev–Trinajstić information content (AvgIpc) is 2.49. The van der Waals surface area contributed by atoms with Crippen LogP contribution in [-0.2, 0) is 6.42 Å². The molecule has 1 saturated carbocycles. The number of aliphatic hydroxyl groups is 1. The molecular weight excluding hydrogens is 303 g/mol. The Morgan fingerprint density at radius 2 is 1.86 bits per heavy atom. The van der Waals surface area contributed by atoms with Crippen molar-refractivity contribution in [1.82, 2.24) is 0 Å². The molecule has 1 aromatic carbocycles. The number of rotatable bonds is 6. The van der Waals surface area contributed by atoms with Crippen molar-refractivity contribution in [1.29, 1.82) is 0 Å². The second kappa shape index (κ2) is 8.41. The van der Waals surface area contributed by atoms with Gasteiger partial charge in [-0.1, -0.05) is 68.3 Å². The molecule has 0 amide bonds. The standard InChI is InChI=1S/C18H26Cl2O/c1-2-3-4-13-5-8-15(9-6-13)18(21)12-14-7-10-16(19)17(20)11-14/h7,10-11,13,15,18,21H,2-6,8-9,12H2,1H3. The Labute approximate surface area is 138 Å². The first-order valence-corrected chi connectivity index (χ1v) is 8.97. The van der Waals surface area contributed by atoms with E-state index in [9.17, 15) is 5.11 Å². The predicted molar refractivity (Wildman–Crippen MR) is 91.1 cm³/mol. The molecule has 0 bridgehead atoms. The van der Waals surface area contributed by atoms with E-state index in [4.69, 9.17) is 23.2 Å². The highest BCUT2D eigenvalue weighted by molar-refractivity contribution is 6.42. The van der Waals surface area contributed by atoms with Crippen molar-refractivity contribution in [2.24, 2.45) is 11.8 Å². The van der Waals surface area contributed by atoms with Crippen LogP contribution in [0.3, 0.4) is 0 Å². The third-order valence-electron chi connectivity index (χ3n) is 4.83. The van der Waals surface area contributed by atoms with Crippen LogP contribution < -0.4 is 0 Å². The summed E-state index contributed by atoms with van der Waals surface area (Å²) in [5.74, 6) is 1.33. The summed E-state index contributed by atoms with van der Waals surface area (Å²) in [6.07, 6.45) is 9.32. The van der Waals surface area contributed by atoms with Gasteiger partial charge in [0.15, 0.2) is 0 Å². The van der Waals surface area contributed by atoms with Gasteiger partial charge in [-0.2, -0.15) is 0 Å². The molecule has 1 aliphatic rings. The number of unbranched alkanes of at least 4 members (excludes halogenated alkanes) is 1. The molecular formula is C18H26Cl2O. The Balaban J connectivity index is 1.81. The second-order valence-electron chi connectivity index (χ2n) is 6.44. The Hall–Kier alpha value is -0.240. The number of hydrogen-bond acceptors (Lipinski definition) is 1. The van der Waals surface area contributed by atoms with E-state index in [0.717, 1.165) is 24.3 Å². The minimum Gasteiger partial charge on any atom is -0.392 e. The first-order chi connectivity index (χ1) is 10.1. The monoisotopic (exact) mass is 328 g/mol. The lowest BCUT2D eigenvalue weighted by Crippen LogP contribution is -2.27. The zero-order valence-corrected chi connectivity index (χ0v) is 14.3. The maximum atomic E-state index is 10.5. The minimum atomic E-state index is -0.255. The van der Waals surface area contributed by atoms with Crippen LogP contribution in [0.1, 0.15) is 57.4 Å². The van der Waals surface area contributed by atoms with Crippen LogP contribution in [0.15, 0.2) is 18.2 Å². The highest BCUT2D eigenvalue weighted by Gasteiger charge is 2.26. The topological polar surface area (TPSA) is 20.2 Å². The molecule has 1 unspecified atom stereocenters. The van der Waals surface area contributed by atoms with E-state index in [0.29, 0.717) is 22.4 Å². The van der Waals surface area contributed by atoms with Crippen LogP contribution in [0.25, 0.3) is 0 Å². The molecule has 1 N–H and O–H groups in total. The summed E-state index contributed by atoms with van der Waals surface area (Å²) in [6.45, 7) is 2.26. The number of hydrogen-bond donors (Lipinski definition) is 1. The maximum absolute atomic E-state index is 10.5. The summed E-state index contributed by atoms with van der Waals surface area (Å²) >= 11 is 12.0. The summed E-state index contributed by atoms with van der Waals surface area (Å²) < 4.78 is 0. The molecule has 1 fully saturated rings. The number of benzene rings is 1. The third kappa shape index (κ3) is 5.16. The molecule has 21 heavy (non-hydrogen) atoms. The largest absolute Gasteiger partial charge is 0.392 e. The van der Waals surface area contributed by atoms with Crippen LogP contribution in [0.5, 0.6) is 0 Å². The molecule has 1 aliphatic carbocycles. The summed E-state index contributed by atoms with van der Waals surface area (Å²) in [5, 5.41) is 11.6. The first-order valence-electron chi connectivity index (χ1n) is 8.22. The number of halogens is 2. The van der Waals surface area contributed by atoms with Gasteiger partial charge < -0.3 is 5.11 Å². The quantitative estimate of drug-likeness (QED) is 0.689. The summed E-state index contributed by atoms with van der Waals surface area (Å²) in [7, 11) is 0. The van der Waals surface area contributed by atoms with Gasteiger partial charge in [0.1, 0.15) is 0 Å². The number of aliphatic hydroxyl groups excluding tert-OH is 1. The SMILES string of the molecule is CCCCC1CCC(C(O)Cc2ccc(Cl)c(Cl)c2)CC1. The minimum absolute atomic E-state index is 0.255. The molecule has 0 saturated heterocycles. The van der Waals surface area contributed by atoms with Gasteiger partial charge in [0.25, 0.3) is 0 Å². The molecule has 1 nitrogen and oxygen atoms in total. The lowest BCUT2D eigenvalue weighted by atomic mass is 9.76. The molecule has 0 aromatic heterocycles. The lowest BCUT2D eigenvalue weighted by molar-refractivity contribution is 0.0726. The van der Waals surface area contributed by atoms with Gasteiger partial charge in [-0.25, -0.2) is 0 Å². The summed E-state index contributed by atoms with van der Waals surface area (Å²) in [4.78, 5) is 0. The maximum Gasteiger partial charge on any atom is 0.0608 e. The molecule has 0 aliphatic heterocycles. The predicted octanol–water partition coefficient (Wildman–Crippen LogP) is 5.89. The molecule has 3 heteroatoms. The molecule has 2 rings (SSSR count). The lowest BCUT2D eigenvalue weighted by Gasteiger charge is -2.31. The summed E-state index contributed by atoms with van der Waals surface area (Å²) in [5.41, 5.74) is 1.07. The van der Waals surface area contributed by atoms with Crippen molar-refractivity contribution in [3.8, 4) is 0 Å². The van der Waals surface area contributed by atoms with Crippen LogP contribution in [0.4, 0.5) is 0 Å². The van der Waals surface area contributed by atoms with Crippen molar-refractivity contribution in [3.05, 3.63) is 33.8 Å². The average molecular weight is 329 g/mol. The fourth-order valence-electron chi connectivity index (χ4n) is 3.43. The van der Waals surface area contributed by atoms with E-state index in [2.05, 4.69) is 6.92 Å². The van der Waals surface area contributed by atoms with Crippen molar-refractivity contribution < 1.29 is 5.11 Å². The van der Waals surface area contributed by atoms with E-state index in [1.54, 1.807) is 0 Å². The Kier molecular flexibility index (Phi) is 6.85. The third-order valence-corrected chi connectivity index (χ3v) is 5.57. The molecule has 0 radical (unpaired) electrons. The highest BCUT2D eigenvalue weighted by atomic mass is 35.5. The fourth-order valence-corrected chi connectivity index (χ4v) is 3.75. The molecule has 0 heterocycles. The van der Waals surface area contributed by atoms with E-state index >= 15 is 0 Å². The Morgan fingerprint density at radius 3 is 2.48 bits per heavy atom. The summed E-state index contributed by atoms with van der Waals surface area (Å²) in [6, 6.07) is 5.65. The molecule has 1 atom stereocenters. The van der Waals surface area contributed by atoms with Crippen LogP contribution in [-0.4, -0.2) is 11.2 Å². The zero-order valence-electron chi connectivity index (χ0n) is 12.8. The smallest absolute Gasteiger partial charge is 0.0608 e. The van der Waals surface area contributed by atoms with Crippen molar-refractivity contribution in [2.75, 3.05) is 0 Å². The van der Waals surface area contributed by atoms with E-state index in [-0.39, 0.29) is 6.10 Å². The normalized spacial score (nSPS) is 24.0. The van der Waals surface area contributed by atoms with Gasteiger partial charge in [0.05, 0.1) is 16.1 Å². The van der Waals surface area contributed by atoms with E-state index in [1.807, 2.05) is 18.2 Å². The van der Waals surface area contributed by atoms with Crippen molar-refractivity contribution >= 4 is 23.2 Å². The Morgan fingerprint density at radius 1 is 1.14 bits per heavy atom. The van der Waals surface area contributed by atoms with Gasteiger partial charge in [0.2, 0.25) is 0 Å². The van der Waals surface area contributed by atoms with Gasteiger partial charge in [-0.15, -0.1) is 0 Å². The van der Waals surface area contributed by atoms with Gasteiger partial charge in [-0.3, -0.25) is 0 Å². The van der Waals surface area contributed by atoms with Crippen molar-refractivity contribution in [3.63, 3.8) is 0 Å². The van der Waals surface area contributed by atoms with Crippen molar-refractivity contribution in [2.45, 2.75) is 64.4 Å². The first kappa shape index (κ1) is 17.1. The zero-order chi connectivity index (χ0) is 15.2. The molecule has 118 valence electrons. The van der Waals surface area contributed by atoms with Gasteiger partial charge >= 0.3 is 0 Å². The second-order valence-corrected chi connectivity index (χ2v) is 7.26. The molecule has 0 spiro atoms. The van der Waals surface area contributed by atoms with Crippen LogP contribution in [0, 0.1) is 11.8 Å². The highest BCUT2D eigenvalue weighted by Crippen LogP contribution is 2.34.